The Labute approximate surface area is 117 Å². The highest BCUT2D eigenvalue weighted by Crippen LogP contribution is 2.29. The van der Waals surface area contributed by atoms with Crippen molar-refractivity contribution in [2.75, 3.05) is 0 Å². The van der Waals surface area contributed by atoms with Crippen LogP contribution < -0.4 is 4.73 Å². The van der Waals surface area contributed by atoms with Gasteiger partial charge in [-0.25, -0.2) is 4.68 Å². The molecule has 19 heavy (non-hydrogen) atoms. The molecule has 0 saturated heterocycles. The van der Waals surface area contributed by atoms with Gasteiger partial charge in [0.05, 0.1) is 15.4 Å². The molecule has 2 aromatic heterocycles. The van der Waals surface area contributed by atoms with E-state index in [-0.39, 0.29) is 5.52 Å². The number of hydrogen-bond donors (Lipinski definition) is 1. The Balaban J connectivity index is 2.30. The number of para-hydroxylation sites is 1. The highest BCUT2D eigenvalue weighted by atomic mass is 35.5. The number of pyridine rings is 1. The number of rotatable bonds is 1. The molecule has 0 radical (unpaired) electrons. The average molecular weight is 299 g/mol. The fourth-order valence-electron chi connectivity index (χ4n) is 1.85. The van der Waals surface area contributed by atoms with Crippen molar-refractivity contribution in [3.63, 3.8) is 0 Å². The van der Waals surface area contributed by atoms with E-state index in [9.17, 15) is 9.60 Å². The summed E-state index contributed by atoms with van der Waals surface area (Å²) in [5.74, 6) is -0.637. The summed E-state index contributed by atoms with van der Waals surface area (Å²) < 4.78 is 15.7. The summed E-state index contributed by atoms with van der Waals surface area (Å²) in [6.07, 6.45) is 3.80. The van der Waals surface area contributed by atoms with E-state index in [1.165, 1.54) is 17.1 Å². The molecule has 0 fully saturated rings. The Hall–Kier alpha value is -1.85. The van der Waals surface area contributed by atoms with E-state index >= 15 is 0 Å². The Bertz CT molecular complexity index is 768. The van der Waals surface area contributed by atoms with Crippen molar-refractivity contribution in [1.29, 1.82) is 0 Å². The maximum Gasteiger partial charge on any atom is 0.260 e. The molecule has 3 rings (SSSR count). The maximum atomic E-state index is 13.7. The Morgan fingerprint density at radius 1 is 1.21 bits per heavy atom. The average Bonchev–Trinajstić information content (AvgIpc) is 2.72. The molecule has 1 aromatic carbocycles. The predicted octanol–water partition coefficient (Wildman–Crippen LogP) is 3.00. The van der Waals surface area contributed by atoms with E-state index in [2.05, 4.69) is 5.10 Å². The first kappa shape index (κ1) is 12.2. The predicted molar refractivity (Wildman–Crippen MR) is 68.4 cm³/mol. The van der Waals surface area contributed by atoms with Gasteiger partial charge in [0.1, 0.15) is 11.2 Å². The van der Waals surface area contributed by atoms with Gasteiger partial charge in [-0.3, -0.25) is 5.21 Å². The van der Waals surface area contributed by atoms with Gasteiger partial charge in [-0.2, -0.15) is 9.49 Å². The van der Waals surface area contributed by atoms with E-state index < -0.39 is 5.82 Å². The zero-order valence-electron chi connectivity index (χ0n) is 9.39. The molecule has 0 aliphatic heterocycles. The van der Waals surface area contributed by atoms with Crippen LogP contribution in [0.5, 0.6) is 0 Å². The van der Waals surface area contributed by atoms with Gasteiger partial charge in [-0.05, 0) is 12.1 Å². The summed E-state index contributed by atoms with van der Waals surface area (Å²) in [6.45, 7) is 0. The SMILES string of the molecule is O[n+]1cc(F)c2nn(-c3c(Cl)cccc3Cl)cc2c1. The molecule has 0 unspecified atom stereocenters. The summed E-state index contributed by atoms with van der Waals surface area (Å²) in [7, 11) is 0. The monoisotopic (exact) mass is 298 g/mol. The van der Waals surface area contributed by atoms with Crippen molar-refractivity contribution in [2.24, 2.45) is 0 Å². The molecule has 1 N–H and O–H groups in total. The van der Waals surface area contributed by atoms with Gasteiger partial charge in [0.15, 0.2) is 0 Å². The summed E-state index contributed by atoms with van der Waals surface area (Å²) in [5.41, 5.74) is 0.590. The molecule has 0 atom stereocenters. The van der Waals surface area contributed by atoms with Crippen molar-refractivity contribution < 1.29 is 14.3 Å². The van der Waals surface area contributed by atoms with Crippen LogP contribution in [0.1, 0.15) is 0 Å². The van der Waals surface area contributed by atoms with Gasteiger partial charge in [-0.15, -0.1) is 0 Å². The van der Waals surface area contributed by atoms with Gasteiger partial charge in [0.25, 0.3) is 6.20 Å². The van der Waals surface area contributed by atoms with Gasteiger partial charge >= 0.3 is 0 Å². The van der Waals surface area contributed by atoms with E-state index in [0.29, 0.717) is 25.8 Å². The lowest BCUT2D eigenvalue weighted by molar-refractivity contribution is -0.904. The number of aromatic nitrogens is 3. The Morgan fingerprint density at radius 3 is 2.58 bits per heavy atom. The summed E-state index contributed by atoms with van der Waals surface area (Å²) in [4.78, 5) is 0. The van der Waals surface area contributed by atoms with Crippen LogP contribution in [0.2, 0.25) is 10.0 Å². The first-order valence-electron chi connectivity index (χ1n) is 5.30. The van der Waals surface area contributed by atoms with Crippen LogP contribution in [0.15, 0.2) is 36.8 Å². The lowest BCUT2D eigenvalue weighted by Gasteiger charge is -2.05. The largest absolute Gasteiger partial charge is 0.285 e. The second-order valence-corrected chi connectivity index (χ2v) is 4.75. The van der Waals surface area contributed by atoms with E-state index in [0.717, 1.165) is 6.20 Å². The molecule has 96 valence electrons. The lowest BCUT2D eigenvalue weighted by Crippen LogP contribution is -2.29. The molecule has 2 heterocycles. The van der Waals surface area contributed by atoms with Crippen LogP contribution in [0, 0.1) is 5.82 Å². The molecular formula is C12H7Cl2FN3O+. The molecule has 0 spiro atoms. The van der Waals surface area contributed by atoms with Gasteiger partial charge < -0.3 is 0 Å². The molecule has 0 saturated carbocycles. The number of fused-ring (bicyclic) bond motifs is 1. The van der Waals surface area contributed by atoms with Crippen molar-refractivity contribution in [3.05, 3.63) is 52.7 Å². The number of nitrogens with zero attached hydrogens (tertiary/aromatic N) is 3. The number of halogens is 3. The standard InChI is InChI=1S/C12H7Cl2FN3O/c13-8-2-1-3-9(14)12(8)18-5-7-4-17(19)6-10(15)11(7)16-18/h1-6,19H/q+1. The Kier molecular flexibility index (Phi) is 2.80. The normalized spacial score (nSPS) is 11.1. The van der Waals surface area contributed by atoms with Crippen molar-refractivity contribution in [3.8, 4) is 5.69 Å². The first-order chi connectivity index (χ1) is 9.06. The molecule has 4 nitrogen and oxygen atoms in total. The molecule has 0 aliphatic rings. The zero-order valence-corrected chi connectivity index (χ0v) is 10.9. The molecule has 0 amide bonds. The lowest BCUT2D eigenvalue weighted by atomic mass is 10.3. The van der Waals surface area contributed by atoms with Crippen molar-refractivity contribution >= 4 is 34.1 Å². The van der Waals surface area contributed by atoms with Gasteiger partial charge in [-0.1, -0.05) is 29.3 Å². The van der Waals surface area contributed by atoms with Gasteiger partial charge in [0.2, 0.25) is 12.0 Å². The minimum atomic E-state index is -0.637. The van der Waals surface area contributed by atoms with E-state index in [4.69, 9.17) is 23.2 Å². The van der Waals surface area contributed by atoms with Crippen LogP contribution in [0.3, 0.4) is 0 Å². The van der Waals surface area contributed by atoms with Crippen LogP contribution in [0.25, 0.3) is 16.6 Å². The van der Waals surface area contributed by atoms with Crippen LogP contribution in [0.4, 0.5) is 4.39 Å². The molecular weight excluding hydrogens is 292 g/mol. The third kappa shape index (κ3) is 2.01. The van der Waals surface area contributed by atoms with Crippen molar-refractivity contribution in [2.45, 2.75) is 0 Å². The van der Waals surface area contributed by atoms with E-state index in [1.807, 2.05) is 0 Å². The summed E-state index contributed by atoms with van der Waals surface area (Å²) in [6, 6.07) is 5.04. The van der Waals surface area contributed by atoms with E-state index in [1.54, 1.807) is 18.2 Å². The summed E-state index contributed by atoms with van der Waals surface area (Å²) in [5, 5.41) is 14.6. The minimum Gasteiger partial charge on any atom is -0.285 e. The fourth-order valence-corrected chi connectivity index (χ4v) is 2.42. The number of hydrogen-bond acceptors (Lipinski definition) is 2. The smallest absolute Gasteiger partial charge is 0.260 e. The highest BCUT2D eigenvalue weighted by Gasteiger charge is 2.16. The topological polar surface area (TPSA) is 41.9 Å². The van der Waals surface area contributed by atoms with Crippen molar-refractivity contribution in [1.82, 2.24) is 9.78 Å². The van der Waals surface area contributed by atoms with Crippen LogP contribution in [-0.4, -0.2) is 15.0 Å². The molecule has 0 bridgehead atoms. The zero-order chi connectivity index (χ0) is 13.6. The van der Waals surface area contributed by atoms with Crippen LogP contribution >= 0.6 is 23.2 Å². The molecule has 3 aromatic rings. The second kappa shape index (κ2) is 4.36. The summed E-state index contributed by atoms with van der Waals surface area (Å²) >= 11 is 12.1. The third-order valence-corrected chi connectivity index (χ3v) is 3.26. The third-order valence-electron chi connectivity index (χ3n) is 2.65. The van der Waals surface area contributed by atoms with Gasteiger partial charge in [0, 0.05) is 10.9 Å². The maximum absolute atomic E-state index is 13.7. The molecule has 0 aliphatic carbocycles. The first-order valence-corrected chi connectivity index (χ1v) is 6.05. The number of benzene rings is 1. The fraction of sp³-hybridized carbons (Fsp3) is 0. The second-order valence-electron chi connectivity index (χ2n) is 3.93. The molecule has 7 heteroatoms. The minimum absolute atomic E-state index is 0.126. The Morgan fingerprint density at radius 2 is 1.89 bits per heavy atom. The highest BCUT2D eigenvalue weighted by molar-refractivity contribution is 6.37. The quantitative estimate of drug-likeness (QED) is 0.554. The van der Waals surface area contributed by atoms with Crippen LogP contribution in [-0.2, 0) is 0 Å².